The number of aromatic amines is 1. The Balaban J connectivity index is 1.49. The Bertz CT molecular complexity index is 739. The zero-order valence-electron chi connectivity index (χ0n) is 13.0. The Labute approximate surface area is 138 Å². The van der Waals surface area contributed by atoms with E-state index in [9.17, 15) is 9.59 Å². The first kappa shape index (κ1) is 14.6. The first-order valence-electron chi connectivity index (χ1n) is 7.86. The van der Waals surface area contributed by atoms with E-state index in [4.69, 9.17) is 4.74 Å². The average molecular weight is 333 g/mol. The monoisotopic (exact) mass is 333 g/mol. The number of thiophene rings is 1. The van der Waals surface area contributed by atoms with E-state index >= 15 is 0 Å². The SMILES string of the molecule is CN1CC2(CCCN(C(=O)c3cc4sccc4[nH]3)CC2)OC1=O. The number of likely N-dealkylation sites (N-methyl/N-ethyl adjacent to an activating group) is 1. The molecule has 0 bridgehead atoms. The van der Waals surface area contributed by atoms with Crippen LogP contribution in [0.1, 0.15) is 29.8 Å². The number of nitrogens with zero attached hydrogens (tertiary/aromatic N) is 2. The van der Waals surface area contributed by atoms with E-state index in [1.807, 2.05) is 22.4 Å². The Hall–Kier alpha value is -2.02. The average Bonchev–Trinajstić information content (AvgIpc) is 3.12. The summed E-state index contributed by atoms with van der Waals surface area (Å²) in [5.41, 5.74) is 1.23. The molecule has 4 heterocycles. The summed E-state index contributed by atoms with van der Waals surface area (Å²) in [6.07, 6.45) is 2.10. The molecule has 6 nitrogen and oxygen atoms in total. The predicted molar refractivity (Wildman–Crippen MR) is 87.8 cm³/mol. The van der Waals surface area contributed by atoms with E-state index in [1.165, 1.54) is 0 Å². The molecule has 2 amide bonds. The molecule has 1 unspecified atom stereocenters. The van der Waals surface area contributed by atoms with Crippen molar-refractivity contribution in [3.63, 3.8) is 0 Å². The molecule has 0 radical (unpaired) electrons. The summed E-state index contributed by atoms with van der Waals surface area (Å²) in [5.74, 6) is 0.0307. The fourth-order valence-corrected chi connectivity index (χ4v) is 4.34. The summed E-state index contributed by atoms with van der Waals surface area (Å²) in [4.78, 5) is 31.1. The minimum absolute atomic E-state index is 0.0307. The number of fused-ring (bicyclic) bond motifs is 1. The van der Waals surface area contributed by atoms with Crippen LogP contribution in [-0.4, -0.2) is 59.1 Å². The minimum atomic E-state index is -0.420. The van der Waals surface area contributed by atoms with Crippen LogP contribution in [-0.2, 0) is 4.74 Å². The van der Waals surface area contributed by atoms with Crippen molar-refractivity contribution in [2.75, 3.05) is 26.7 Å². The number of ether oxygens (including phenoxy) is 1. The molecule has 0 saturated carbocycles. The van der Waals surface area contributed by atoms with Crippen molar-refractivity contribution in [1.29, 1.82) is 0 Å². The number of hydrogen-bond donors (Lipinski definition) is 1. The normalized spacial score (nSPS) is 25.2. The van der Waals surface area contributed by atoms with Crippen LogP contribution in [0.25, 0.3) is 10.2 Å². The van der Waals surface area contributed by atoms with Crippen LogP contribution < -0.4 is 0 Å². The van der Waals surface area contributed by atoms with E-state index in [2.05, 4.69) is 4.98 Å². The number of aromatic nitrogens is 1. The molecule has 0 aromatic carbocycles. The molecule has 4 rings (SSSR count). The van der Waals surface area contributed by atoms with Crippen LogP contribution >= 0.6 is 11.3 Å². The summed E-state index contributed by atoms with van der Waals surface area (Å²) < 4.78 is 6.70. The molecule has 1 N–H and O–H groups in total. The number of rotatable bonds is 1. The highest BCUT2D eigenvalue weighted by Crippen LogP contribution is 2.33. The number of hydrogen-bond acceptors (Lipinski definition) is 4. The molecular weight excluding hydrogens is 314 g/mol. The zero-order chi connectivity index (χ0) is 16.0. The van der Waals surface area contributed by atoms with Crippen LogP contribution in [0.5, 0.6) is 0 Å². The standard InChI is InChI=1S/C16H19N3O3S/c1-18-10-16(22-15(18)21)4-2-6-19(7-5-16)14(20)12-9-13-11(17-12)3-8-23-13/h3,8-9,17H,2,4-7,10H2,1H3. The maximum absolute atomic E-state index is 12.7. The molecule has 23 heavy (non-hydrogen) atoms. The quantitative estimate of drug-likeness (QED) is 0.872. The highest BCUT2D eigenvalue weighted by atomic mass is 32.1. The third kappa shape index (κ3) is 2.49. The van der Waals surface area contributed by atoms with Crippen molar-refractivity contribution in [2.45, 2.75) is 24.9 Å². The van der Waals surface area contributed by atoms with Gasteiger partial charge in [0.15, 0.2) is 0 Å². The van der Waals surface area contributed by atoms with Gasteiger partial charge in [0, 0.05) is 26.6 Å². The third-order valence-electron chi connectivity index (χ3n) is 4.80. The van der Waals surface area contributed by atoms with Crippen LogP contribution in [0.3, 0.4) is 0 Å². The molecule has 7 heteroatoms. The lowest BCUT2D eigenvalue weighted by atomic mass is 9.95. The van der Waals surface area contributed by atoms with E-state index in [-0.39, 0.29) is 12.0 Å². The van der Waals surface area contributed by atoms with Gasteiger partial charge >= 0.3 is 6.09 Å². The van der Waals surface area contributed by atoms with Crippen molar-refractivity contribution in [3.8, 4) is 0 Å². The first-order valence-corrected chi connectivity index (χ1v) is 8.74. The molecule has 2 aromatic rings. The van der Waals surface area contributed by atoms with Crippen LogP contribution in [0.4, 0.5) is 4.79 Å². The van der Waals surface area contributed by atoms with Gasteiger partial charge in [-0.05, 0) is 30.4 Å². The van der Waals surface area contributed by atoms with Gasteiger partial charge in [-0.25, -0.2) is 4.79 Å². The molecule has 2 aliphatic rings. The summed E-state index contributed by atoms with van der Waals surface area (Å²) >= 11 is 1.63. The maximum Gasteiger partial charge on any atom is 0.410 e. The van der Waals surface area contributed by atoms with Crippen molar-refractivity contribution >= 4 is 33.6 Å². The Morgan fingerprint density at radius 2 is 2.26 bits per heavy atom. The number of amides is 2. The Kier molecular flexibility index (Phi) is 3.33. The summed E-state index contributed by atoms with van der Waals surface area (Å²) in [7, 11) is 1.76. The zero-order valence-corrected chi connectivity index (χ0v) is 13.8. The van der Waals surface area contributed by atoms with Gasteiger partial charge in [0.1, 0.15) is 11.3 Å². The fourth-order valence-electron chi connectivity index (χ4n) is 3.56. The Morgan fingerprint density at radius 1 is 1.39 bits per heavy atom. The molecule has 2 aliphatic heterocycles. The third-order valence-corrected chi connectivity index (χ3v) is 5.66. The number of carbonyl (C=O) groups excluding carboxylic acids is 2. The van der Waals surface area contributed by atoms with E-state index in [0.717, 1.165) is 23.1 Å². The summed E-state index contributed by atoms with van der Waals surface area (Å²) in [5, 5.41) is 2.01. The smallest absolute Gasteiger partial charge is 0.410 e. The maximum atomic E-state index is 12.7. The van der Waals surface area contributed by atoms with Crippen molar-refractivity contribution in [3.05, 3.63) is 23.2 Å². The second-order valence-corrected chi connectivity index (χ2v) is 7.38. The van der Waals surface area contributed by atoms with Crippen LogP contribution in [0.15, 0.2) is 17.5 Å². The van der Waals surface area contributed by atoms with Crippen molar-refractivity contribution in [2.24, 2.45) is 0 Å². The fraction of sp³-hybridized carbons (Fsp3) is 0.500. The van der Waals surface area contributed by atoms with Crippen molar-refractivity contribution in [1.82, 2.24) is 14.8 Å². The lowest BCUT2D eigenvalue weighted by Gasteiger charge is -2.25. The Morgan fingerprint density at radius 3 is 3.00 bits per heavy atom. The number of nitrogens with one attached hydrogen (secondary N) is 1. The minimum Gasteiger partial charge on any atom is -0.441 e. The summed E-state index contributed by atoms with van der Waals surface area (Å²) in [6, 6.07) is 3.91. The predicted octanol–water partition coefficient (Wildman–Crippen LogP) is 2.68. The van der Waals surface area contributed by atoms with Gasteiger partial charge in [0.2, 0.25) is 0 Å². The van der Waals surface area contributed by atoms with Gasteiger partial charge in [-0.2, -0.15) is 0 Å². The van der Waals surface area contributed by atoms with Gasteiger partial charge in [-0.1, -0.05) is 0 Å². The molecule has 122 valence electrons. The lowest BCUT2D eigenvalue weighted by molar-refractivity contribution is 0.0438. The second-order valence-electron chi connectivity index (χ2n) is 6.43. The molecule has 2 fully saturated rings. The number of carbonyl (C=O) groups is 2. The molecule has 2 saturated heterocycles. The molecular formula is C16H19N3O3S. The van der Waals surface area contributed by atoms with Gasteiger partial charge in [0.25, 0.3) is 5.91 Å². The van der Waals surface area contributed by atoms with E-state index < -0.39 is 5.60 Å². The lowest BCUT2D eigenvalue weighted by Crippen LogP contribution is -2.37. The second kappa shape index (κ2) is 5.26. The largest absolute Gasteiger partial charge is 0.441 e. The van der Waals surface area contributed by atoms with Crippen molar-refractivity contribution < 1.29 is 14.3 Å². The van der Waals surface area contributed by atoms with Gasteiger partial charge in [-0.3, -0.25) is 4.79 Å². The highest BCUT2D eigenvalue weighted by Gasteiger charge is 2.44. The molecule has 1 atom stereocenters. The van der Waals surface area contributed by atoms with Crippen LogP contribution in [0, 0.1) is 0 Å². The first-order chi connectivity index (χ1) is 11.1. The van der Waals surface area contributed by atoms with Gasteiger partial charge < -0.3 is 19.5 Å². The summed E-state index contributed by atoms with van der Waals surface area (Å²) in [6.45, 7) is 1.94. The van der Waals surface area contributed by atoms with E-state index in [0.29, 0.717) is 31.7 Å². The molecule has 2 aromatic heterocycles. The molecule has 0 aliphatic carbocycles. The number of H-pyrrole nitrogens is 1. The highest BCUT2D eigenvalue weighted by molar-refractivity contribution is 7.17. The number of likely N-dealkylation sites (tertiary alicyclic amines) is 1. The van der Waals surface area contributed by atoms with E-state index in [1.54, 1.807) is 23.3 Å². The molecule has 1 spiro atoms. The van der Waals surface area contributed by atoms with Gasteiger partial charge in [-0.15, -0.1) is 11.3 Å². The van der Waals surface area contributed by atoms with Gasteiger partial charge in [0.05, 0.1) is 16.8 Å². The topological polar surface area (TPSA) is 65.6 Å². The van der Waals surface area contributed by atoms with Crippen LogP contribution in [0.2, 0.25) is 0 Å².